The van der Waals surface area contributed by atoms with E-state index >= 15 is 0 Å². The van der Waals surface area contributed by atoms with E-state index in [2.05, 4.69) is 203 Å². The molecule has 0 amide bonds. The topological polar surface area (TPSA) is 38.7 Å². The zero-order valence-electron chi connectivity index (χ0n) is 33.4. The molecule has 3 aliphatic rings. The summed E-state index contributed by atoms with van der Waals surface area (Å²) in [5.74, 6) is 2.27. The Morgan fingerprint density at radius 2 is 0.509 bits per heavy atom. The Kier molecular flexibility index (Phi) is 8.20. The second kappa shape index (κ2) is 13.1. The zero-order chi connectivity index (χ0) is 39.1. The van der Waals surface area contributed by atoms with Gasteiger partial charge in [-0.25, -0.2) is 15.0 Å². The van der Waals surface area contributed by atoms with Crippen molar-refractivity contribution in [2.75, 3.05) is 0 Å². The molecule has 57 heavy (non-hydrogen) atoms. The summed E-state index contributed by atoms with van der Waals surface area (Å²) in [6.45, 7) is 14.9. The van der Waals surface area contributed by atoms with E-state index in [1.165, 1.54) is 64.5 Å². The lowest BCUT2D eigenvalue weighted by molar-refractivity contribution is 0.970. The van der Waals surface area contributed by atoms with Crippen LogP contribution in [0.25, 0.3) is 32.3 Å². The first-order valence-electron chi connectivity index (χ1n) is 20.1. The van der Waals surface area contributed by atoms with Crippen LogP contribution in [0.4, 0.5) is 0 Å². The van der Waals surface area contributed by atoms with Crippen molar-refractivity contribution in [1.82, 2.24) is 15.0 Å². The first-order valence-corrected chi connectivity index (χ1v) is 29.1. The van der Waals surface area contributed by atoms with E-state index in [0.717, 1.165) is 34.2 Å². The van der Waals surface area contributed by atoms with Crippen LogP contribution in [0, 0.1) is 0 Å². The molecule has 4 heterocycles. The van der Waals surface area contributed by atoms with Gasteiger partial charge in [0.05, 0.1) is 0 Å². The molecule has 0 aliphatic carbocycles. The first kappa shape index (κ1) is 35.6. The van der Waals surface area contributed by atoms with Gasteiger partial charge in [0.2, 0.25) is 0 Å². The SMILES string of the molecule is C[Si]1(C)C(c2ccccc2)=C(c2nc(C3=C(c4ccccc4)[Si](C)(C)c4ccccc43)nc(C3=C(c4ccccc4)[Si](C)(C)c4ccccc43)n2)c2ccccc21. The predicted octanol–water partition coefficient (Wildman–Crippen LogP) is 10.2. The summed E-state index contributed by atoms with van der Waals surface area (Å²) < 4.78 is 0. The maximum atomic E-state index is 5.73. The van der Waals surface area contributed by atoms with Gasteiger partial charge in [-0.2, -0.15) is 0 Å². The molecule has 1 aromatic heterocycles. The van der Waals surface area contributed by atoms with Crippen molar-refractivity contribution in [2.45, 2.75) is 39.3 Å². The molecule has 0 bridgehead atoms. The summed E-state index contributed by atoms with van der Waals surface area (Å²) in [4.78, 5) is 17.2. The Balaban J connectivity index is 1.38. The van der Waals surface area contributed by atoms with Gasteiger partial charge in [0, 0.05) is 16.7 Å². The van der Waals surface area contributed by atoms with Gasteiger partial charge in [0.1, 0.15) is 24.2 Å². The first-order chi connectivity index (χ1) is 27.6. The Hall–Kier alpha value is -5.80. The Labute approximate surface area is 339 Å². The fourth-order valence-electron chi connectivity index (χ4n) is 10.2. The van der Waals surface area contributed by atoms with Gasteiger partial charge in [-0.05, 0) is 64.5 Å². The summed E-state index contributed by atoms with van der Waals surface area (Å²) in [6.07, 6.45) is 0. The van der Waals surface area contributed by atoms with Crippen LogP contribution in [0.1, 0.15) is 50.9 Å². The third-order valence-electron chi connectivity index (χ3n) is 12.7. The maximum absolute atomic E-state index is 5.73. The number of benzene rings is 6. The zero-order valence-corrected chi connectivity index (χ0v) is 36.4. The Morgan fingerprint density at radius 1 is 0.281 bits per heavy atom. The summed E-state index contributed by atoms with van der Waals surface area (Å²) in [6, 6.07) is 60.0. The Bertz CT molecular complexity index is 2530. The molecule has 7 aromatic rings. The molecule has 0 saturated carbocycles. The van der Waals surface area contributed by atoms with Crippen molar-refractivity contribution < 1.29 is 0 Å². The minimum Gasteiger partial charge on any atom is -0.208 e. The molecule has 6 aromatic carbocycles. The van der Waals surface area contributed by atoms with Crippen molar-refractivity contribution >= 4 is 72.1 Å². The number of rotatable bonds is 6. The molecule has 0 N–H and O–H groups in total. The standard InChI is InChI=1S/C51H45N3Si3/c1-55(2)40-31-19-16-28-37(40)43(46(55)34-22-10-7-11-23-34)49-52-50(44-38-29-17-20-32-41(38)56(3,4)47(44)35-24-12-8-13-25-35)54-51(53-49)45-39-30-18-21-33-42(39)57(5,6)48(45)36-26-14-9-15-27-36/h7-33H,1-6H3. The minimum atomic E-state index is -2.20. The van der Waals surface area contributed by atoms with Gasteiger partial charge in [0.25, 0.3) is 0 Å². The minimum absolute atomic E-state index is 0.756. The normalized spacial score (nSPS) is 17.2. The molecule has 0 fully saturated rings. The van der Waals surface area contributed by atoms with Crippen molar-refractivity contribution in [1.29, 1.82) is 0 Å². The number of fused-ring (bicyclic) bond motifs is 3. The number of nitrogens with zero attached hydrogens (tertiary/aromatic N) is 3. The van der Waals surface area contributed by atoms with E-state index in [9.17, 15) is 0 Å². The van der Waals surface area contributed by atoms with Gasteiger partial charge < -0.3 is 0 Å². The Morgan fingerprint density at radius 3 is 0.772 bits per heavy atom. The maximum Gasteiger partial charge on any atom is 0.164 e. The van der Waals surface area contributed by atoms with Gasteiger partial charge in [0.15, 0.2) is 17.5 Å². The van der Waals surface area contributed by atoms with Crippen LogP contribution in [-0.4, -0.2) is 39.2 Å². The molecular formula is C51H45N3Si3. The van der Waals surface area contributed by atoms with Crippen molar-refractivity contribution in [3.63, 3.8) is 0 Å². The second-order valence-corrected chi connectivity index (χ2v) is 30.0. The van der Waals surface area contributed by atoms with E-state index < -0.39 is 24.2 Å². The molecule has 0 radical (unpaired) electrons. The molecule has 3 nitrogen and oxygen atoms in total. The van der Waals surface area contributed by atoms with Crippen LogP contribution >= 0.6 is 0 Å². The highest BCUT2D eigenvalue weighted by atomic mass is 28.3. The van der Waals surface area contributed by atoms with Crippen molar-refractivity contribution in [3.8, 4) is 0 Å². The van der Waals surface area contributed by atoms with Crippen LogP contribution in [0.5, 0.6) is 0 Å². The fraction of sp³-hybridized carbons (Fsp3) is 0.118. The molecule has 6 heteroatoms. The predicted molar refractivity (Wildman–Crippen MR) is 248 cm³/mol. The molecule has 0 atom stereocenters. The molecular weight excluding hydrogens is 739 g/mol. The third-order valence-corrected chi connectivity index (χ3v) is 23.4. The lowest BCUT2D eigenvalue weighted by atomic mass is 9.99. The monoisotopic (exact) mass is 783 g/mol. The van der Waals surface area contributed by atoms with Gasteiger partial charge >= 0.3 is 0 Å². The van der Waals surface area contributed by atoms with E-state index in [0.29, 0.717) is 0 Å². The van der Waals surface area contributed by atoms with Crippen LogP contribution < -0.4 is 15.6 Å². The lowest BCUT2D eigenvalue weighted by Gasteiger charge is -2.23. The quantitative estimate of drug-likeness (QED) is 0.158. The smallest absolute Gasteiger partial charge is 0.164 e. The van der Waals surface area contributed by atoms with Gasteiger partial charge in [-0.3, -0.25) is 0 Å². The summed E-state index contributed by atoms with van der Waals surface area (Å²) in [5.41, 5.74) is 10.9. The molecule has 276 valence electrons. The fourth-order valence-corrected chi connectivity index (χ4v) is 20.5. The van der Waals surface area contributed by atoms with E-state index in [-0.39, 0.29) is 0 Å². The highest BCUT2D eigenvalue weighted by molar-refractivity contribution is 7.09. The van der Waals surface area contributed by atoms with Gasteiger partial charge in [-0.1, -0.05) is 203 Å². The van der Waals surface area contributed by atoms with Crippen molar-refractivity contribution in [2.24, 2.45) is 0 Å². The van der Waals surface area contributed by atoms with Crippen LogP contribution in [0.15, 0.2) is 164 Å². The number of hydrogen-bond acceptors (Lipinski definition) is 3. The summed E-state index contributed by atoms with van der Waals surface area (Å²) >= 11 is 0. The van der Waals surface area contributed by atoms with Crippen LogP contribution in [0.2, 0.25) is 39.3 Å². The molecule has 3 aliphatic heterocycles. The number of hydrogen-bond donors (Lipinski definition) is 0. The second-order valence-electron chi connectivity index (χ2n) is 17.2. The molecule has 0 saturated heterocycles. The van der Waals surface area contributed by atoms with E-state index in [4.69, 9.17) is 15.0 Å². The number of aromatic nitrogens is 3. The molecule has 0 unspecified atom stereocenters. The van der Waals surface area contributed by atoms with Crippen LogP contribution in [0.3, 0.4) is 0 Å². The third kappa shape index (κ3) is 5.38. The van der Waals surface area contributed by atoms with E-state index in [1.54, 1.807) is 0 Å². The van der Waals surface area contributed by atoms with Crippen LogP contribution in [-0.2, 0) is 0 Å². The molecule has 0 spiro atoms. The van der Waals surface area contributed by atoms with Crippen molar-refractivity contribution in [3.05, 3.63) is 215 Å². The summed E-state index contributed by atoms with van der Waals surface area (Å²) in [5, 5.41) is 8.42. The van der Waals surface area contributed by atoms with Gasteiger partial charge in [-0.15, -0.1) is 0 Å². The highest BCUT2D eigenvalue weighted by Gasteiger charge is 2.46. The van der Waals surface area contributed by atoms with E-state index in [1.807, 2.05) is 0 Å². The highest BCUT2D eigenvalue weighted by Crippen LogP contribution is 2.47. The average Bonchev–Trinajstić information content (AvgIpc) is 3.74. The lowest BCUT2D eigenvalue weighted by Crippen LogP contribution is -2.40. The largest absolute Gasteiger partial charge is 0.208 e. The summed E-state index contributed by atoms with van der Waals surface area (Å²) in [7, 11) is -6.60. The molecule has 10 rings (SSSR count). The average molecular weight is 784 g/mol.